The Morgan fingerprint density at radius 3 is 2.82 bits per heavy atom. The number of aromatic nitrogens is 2. The monoisotopic (exact) mass is 297 g/mol. The molecule has 0 radical (unpaired) electrons. The van der Waals surface area contributed by atoms with Crippen LogP contribution in [0.1, 0.15) is 5.56 Å². The Bertz CT molecular complexity index is 568. The number of rotatable bonds is 3. The third-order valence-corrected chi connectivity index (χ3v) is 2.63. The molecular formula is C10H8BrN3O3. The van der Waals surface area contributed by atoms with Crippen molar-refractivity contribution in [2.45, 2.75) is 6.61 Å². The predicted octanol–water partition coefficient (Wildman–Crippen LogP) is 2.04. The van der Waals surface area contributed by atoms with Gasteiger partial charge in [-0.1, -0.05) is 6.07 Å². The first-order valence-corrected chi connectivity index (χ1v) is 5.50. The molecule has 2 aromatic rings. The lowest BCUT2D eigenvalue weighted by Crippen LogP contribution is -2.01. The number of hydrogen-bond donors (Lipinski definition) is 1. The van der Waals surface area contributed by atoms with Crippen LogP contribution in [0.4, 0.5) is 5.69 Å². The quantitative estimate of drug-likeness (QED) is 0.694. The Labute approximate surface area is 105 Å². The number of halogens is 1. The second-order valence-corrected chi connectivity index (χ2v) is 4.26. The van der Waals surface area contributed by atoms with Gasteiger partial charge in [0.1, 0.15) is 5.69 Å². The first kappa shape index (κ1) is 11.7. The van der Waals surface area contributed by atoms with Gasteiger partial charge in [0, 0.05) is 12.3 Å². The fourth-order valence-electron chi connectivity index (χ4n) is 1.44. The number of nitro groups is 1. The third-order valence-electron chi connectivity index (χ3n) is 2.22. The molecule has 0 fully saturated rings. The van der Waals surface area contributed by atoms with Crippen LogP contribution in [0.2, 0.25) is 0 Å². The van der Waals surface area contributed by atoms with Gasteiger partial charge in [-0.05, 0) is 27.6 Å². The first-order valence-electron chi connectivity index (χ1n) is 4.70. The zero-order valence-corrected chi connectivity index (χ0v) is 10.2. The maximum Gasteiger partial charge on any atom is 0.295 e. The van der Waals surface area contributed by atoms with Crippen molar-refractivity contribution in [3.05, 3.63) is 50.7 Å². The maximum absolute atomic E-state index is 10.9. The van der Waals surface area contributed by atoms with Crippen LogP contribution in [0.5, 0.6) is 0 Å². The van der Waals surface area contributed by atoms with E-state index < -0.39 is 4.92 Å². The average Bonchev–Trinajstić information content (AvgIpc) is 2.75. The Balaban J connectivity index is 2.57. The van der Waals surface area contributed by atoms with Crippen molar-refractivity contribution in [2.75, 3.05) is 0 Å². The predicted molar refractivity (Wildman–Crippen MR) is 63.8 cm³/mol. The van der Waals surface area contributed by atoms with Crippen molar-refractivity contribution in [1.29, 1.82) is 0 Å². The molecule has 7 heteroatoms. The van der Waals surface area contributed by atoms with Gasteiger partial charge in [0.05, 0.1) is 22.2 Å². The Morgan fingerprint density at radius 1 is 1.53 bits per heavy atom. The van der Waals surface area contributed by atoms with Crippen LogP contribution < -0.4 is 0 Å². The van der Waals surface area contributed by atoms with Crippen LogP contribution >= 0.6 is 15.9 Å². The highest BCUT2D eigenvalue weighted by Gasteiger charge is 2.16. The molecule has 2 rings (SSSR count). The van der Waals surface area contributed by atoms with Crippen LogP contribution in [-0.2, 0) is 6.61 Å². The molecule has 1 aromatic heterocycles. The van der Waals surface area contributed by atoms with E-state index in [1.807, 2.05) is 0 Å². The van der Waals surface area contributed by atoms with Gasteiger partial charge in [0.2, 0.25) is 0 Å². The van der Waals surface area contributed by atoms with E-state index >= 15 is 0 Å². The van der Waals surface area contributed by atoms with E-state index in [1.54, 1.807) is 24.5 Å². The largest absolute Gasteiger partial charge is 0.392 e. The summed E-state index contributed by atoms with van der Waals surface area (Å²) in [5, 5.41) is 23.9. The van der Waals surface area contributed by atoms with Gasteiger partial charge < -0.3 is 5.11 Å². The van der Waals surface area contributed by atoms with Crippen LogP contribution in [0, 0.1) is 10.1 Å². The number of benzene rings is 1. The molecular weight excluding hydrogens is 290 g/mol. The lowest BCUT2D eigenvalue weighted by Gasteiger charge is -2.04. The molecule has 0 amide bonds. The van der Waals surface area contributed by atoms with Gasteiger partial charge >= 0.3 is 0 Å². The van der Waals surface area contributed by atoms with Crippen molar-refractivity contribution in [2.24, 2.45) is 0 Å². The molecule has 6 nitrogen and oxygen atoms in total. The minimum absolute atomic E-state index is 0.0906. The normalized spacial score (nSPS) is 10.5. The molecule has 0 spiro atoms. The van der Waals surface area contributed by atoms with Crippen molar-refractivity contribution < 1.29 is 10.0 Å². The summed E-state index contributed by atoms with van der Waals surface area (Å²) in [6, 6.07) is 4.52. The molecule has 1 heterocycles. The Kier molecular flexibility index (Phi) is 3.21. The van der Waals surface area contributed by atoms with Crippen LogP contribution in [-0.4, -0.2) is 19.8 Å². The van der Waals surface area contributed by atoms with E-state index in [0.717, 1.165) is 4.47 Å². The van der Waals surface area contributed by atoms with Crippen molar-refractivity contribution in [3.8, 4) is 5.69 Å². The highest BCUT2D eigenvalue weighted by molar-refractivity contribution is 9.10. The van der Waals surface area contributed by atoms with E-state index in [2.05, 4.69) is 21.0 Å². The molecule has 0 bridgehead atoms. The summed E-state index contributed by atoms with van der Waals surface area (Å²) in [7, 11) is 0. The average molecular weight is 298 g/mol. The molecule has 0 aliphatic carbocycles. The molecule has 1 aromatic carbocycles. The summed E-state index contributed by atoms with van der Waals surface area (Å²) < 4.78 is 2.14. The number of hydrogen-bond acceptors (Lipinski definition) is 4. The molecule has 1 N–H and O–H groups in total. The molecule has 0 saturated heterocycles. The van der Waals surface area contributed by atoms with Crippen LogP contribution in [0.15, 0.2) is 35.1 Å². The number of nitro benzene ring substituents is 1. The standard InChI is InChI=1S/C10H8BrN3O3/c11-8-4-12-13(5-8)9-2-1-7(6-15)3-10(9)14(16)17/h1-5,15H,6H2. The minimum atomic E-state index is -0.496. The molecule has 0 atom stereocenters. The summed E-state index contributed by atoms with van der Waals surface area (Å²) in [6.07, 6.45) is 3.17. The summed E-state index contributed by atoms with van der Waals surface area (Å²) in [5.41, 5.74) is 0.761. The summed E-state index contributed by atoms with van der Waals surface area (Å²) in [4.78, 5) is 10.4. The molecule has 88 valence electrons. The zero-order valence-electron chi connectivity index (χ0n) is 8.58. The number of aliphatic hydroxyl groups excluding tert-OH is 1. The smallest absolute Gasteiger partial charge is 0.295 e. The third kappa shape index (κ3) is 2.34. The number of aliphatic hydroxyl groups is 1. The fraction of sp³-hybridized carbons (Fsp3) is 0.100. The molecule has 0 unspecified atom stereocenters. The Morgan fingerprint density at radius 2 is 2.29 bits per heavy atom. The van der Waals surface area contributed by atoms with E-state index in [1.165, 1.54) is 10.7 Å². The van der Waals surface area contributed by atoms with E-state index in [4.69, 9.17) is 5.11 Å². The topological polar surface area (TPSA) is 81.2 Å². The fourth-order valence-corrected chi connectivity index (χ4v) is 1.73. The van der Waals surface area contributed by atoms with Gasteiger partial charge in [-0.15, -0.1) is 0 Å². The van der Waals surface area contributed by atoms with Crippen molar-refractivity contribution >= 4 is 21.6 Å². The molecule has 0 aliphatic rings. The van der Waals surface area contributed by atoms with Gasteiger partial charge in [-0.3, -0.25) is 10.1 Å². The highest BCUT2D eigenvalue weighted by Crippen LogP contribution is 2.24. The first-order chi connectivity index (χ1) is 8.11. The minimum Gasteiger partial charge on any atom is -0.392 e. The zero-order chi connectivity index (χ0) is 12.4. The van der Waals surface area contributed by atoms with Gasteiger partial charge in [-0.25, -0.2) is 4.68 Å². The second kappa shape index (κ2) is 4.64. The lowest BCUT2D eigenvalue weighted by molar-refractivity contribution is -0.384. The van der Waals surface area contributed by atoms with E-state index in [0.29, 0.717) is 11.3 Å². The van der Waals surface area contributed by atoms with Gasteiger partial charge in [-0.2, -0.15) is 5.10 Å². The lowest BCUT2D eigenvalue weighted by atomic mass is 10.2. The van der Waals surface area contributed by atoms with E-state index in [-0.39, 0.29) is 12.3 Å². The molecule has 0 saturated carbocycles. The highest BCUT2D eigenvalue weighted by atomic mass is 79.9. The maximum atomic E-state index is 10.9. The SMILES string of the molecule is O=[N+]([O-])c1cc(CO)ccc1-n1cc(Br)cn1. The second-order valence-electron chi connectivity index (χ2n) is 3.34. The summed E-state index contributed by atoms with van der Waals surface area (Å²) >= 11 is 3.23. The molecule has 17 heavy (non-hydrogen) atoms. The summed E-state index contributed by atoms with van der Waals surface area (Å²) in [6.45, 7) is -0.232. The Hall–Kier alpha value is -1.73. The van der Waals surface area contributed by atoms with Crippen LogP contribution in [0.3, 0.4) is 0 Å². The summed E-state index contributed by atoms with van der Waals surface area (Å²) in [5.74, 6) is 0. The van der Waals surface area contributed by atoms with Crippen molar-refractivity contribution in [1.82, 2.24) is 9.78 Å². The van der Waals surface area contributed by atoms with Crippen molar-refractivity contribution in [3.63, 3.8) is 0 Å². The van der Waals surface area contributed by atoms with Gasteiger partial charge in [0.25, 0.3) is 5.69 Å². The van der Waals surface area contributed by atoms with Crippen LogP contribution in [0.25, 0.3) is 5.69 Å². The van der Waals surface area contributed by atoms with Gasteiger partial charge in [0.15, 0.2) is 0 Å². The van der Waals surface area contributed by atoms with E-state index in [9.17, 15) is 10.1 Å². The molecule has 0 aliphatic heterocycles. The number of nitrogens with zero attached hydrogens (tertiary/aromatic N) is 3.